The Hall–Kier alpha value is -6.04. The lowest BCUT2D eigenvalue weighted by Crippen LogP contribution is -2.54. The van der Waals surface area contributed by atoms with Crippen LogP contribution in [0.3, 0.4) is 0 Å². The number of benzene rings is 4. The first-order valence-corrected chi connectivity index (χ1v) is 18.9. The summed E-state index contributed by atoms with van der Waals surface area (Å²) >= 11 is 0. The van der Waals surface area contributed by atoms with Crippen LogP contribution in [0.2, 0.25) is 0 Å². The van der Waals surface area contributed by atoms with Gasteiger partial charge in [-0.1, -0.05) is 48.5 Å². The van der Waals surface area contributed by atoms with Crippen molar-refractivity contribution in [3.05, 3.63) is 119 Å². The number of anilines is 2. The monoisotopic (exact) mass is 745 g/mol. The number of para-hydroxylation sites is 2. The maximum Gasteiger partial charge on any atom is 0.410 e. The van der Waals surface area contributed by atoms with E-state index in [1.165, 1.54) is 0 Å². The lowest BCUT2D eigenvalue weighted by molar-refractivity contribution is -0.141. The molecule has 3 heterocycles. The zero-order chi connectivity index (χ0) is 38.5. The average Bonchev–Trinajstić information content (AvgIpc) is 3.38. The topological polar surface area (TPSA) is 132 Å². The van der Waals surface area contributed by atoms with Crippen LogP contribution in [-0.4, -0.2) is 102 Å². The van der Waals surface area contributed by atoms with Crippen molar-refractivity contribution in [3.8, 4) is 11.5 Å². The van der Waals surface area contributed by atoms with E-state index in [0.717, 1.165) is 28.9 Å². The number of carbonyl (C=O) groups excluding carboxylic acids is 4. The molecule has 0 radical (unpaired) electrons. The zero-order valence-electron chi connectivity index (χ0n) is 31.3. The molecule has 4 amide bonds. The summed E-state index contributed by atoms with van der Waals surface area (Å²) in [6.07, 6.45) is 0.503. The summed E-state index contributed by atoms with van der Waals surface area (Å²) in [7, 11) is 0. The summed E-state index contributed by atoms with van der Waals surface area (Å²) < 4.78 is 11.5. The van der Waals surface area contributed by atoms with Gasteiger partial charge >= 0.3 is 18.1 Å². The van der Waals surface area contributed by atoms with Gasteiger partial charge in [-0.25, -0.2) is 14.4 Å². The maximum absolute atomic E-state index is 14.2. The van der Waals surface area contributed by atoms with Gasteiger partial charge in [-0.3, -0.25) is 4.79 Å². The summed E-state index contributed by atoms with van der Waals surface area (Å²) in [6, 6.07) is 27.5. The first-order chi connectivity index (χ1) is 26.6. The molecular weight excluding hydrogens is 699 g/mol. The van der Waals surface area contributed by atoms with Crippen LogP contribution in [0.4, 0.5) is 21.0 Å². The van der Waals surface area contributed by atoms with Crippen molar-refractivity contribution in [2.24, 2.45) is 0 Å². The number of piperidine rings is 1. The number of piperazine rings is 1. The first-order valence-electron chi connectivity index (χ1n) is 18.9. The Morgan fingerprint density at radius 3 is 2.15 bits per heavy atom. The molecule has 3 aliphatic heterocycles. The molecule has 0 aliphatic carbocycles. The molecule has 2 N–H and O–H groups in total. The highest BCUT2D eigenvalue weighted by molar-refractivity contribution is 5.92. The fourth-order valence-electron chi connectivity index (χ4n) is 7.70. The van der Waals surface area contributed by atoms with Crippen LogP contribution in [0.25, 0.3) is 0 Å². The van der Waals surface area contributed by atoms with Gasteiger partial charge in [0, 0.05) is 69.7 Å². The summed E-state index contributed by atoms with van der Waals surface area (Å²) in [5, 5.41) is 13.4. The van der Waals surface area contributed by atoms with Gasteiger partial charge in [0.15, 0.2) is 6.10 Å². The molecule has 4 aromatic rings. The van der Waals surface area contributed by atoms with Gasteiger partial charge in [-0.2, -0.15) is 0 Å². The summed E-state index contributed by atoms with van der Waals surface area (Å²) in [5.74, 6) is -0.0303. The molecule has 1 atom stereocenters. The SMILES string of the molecule is Cc1cc(C[C@@H](OC(=O)N2CCC(N3CCc4ccccc4NC3=O)CC2)C(=O)N2CCN(c3ccc(C(=O)Oc4ccccc4)cc3)CC2)cc(C)c1O. The average molecular weight is 746 g/mol. The summed E-state index contributed by atoms with van der Waals surface area (Å²) in [6.45, 7) is 6.97. The molecule has 2 fully saturated rings. The Morgan fingerprint density at radius 2 is 1.45 bits per heavy atom. The van der Waals surface area contributed by atoms with Gasteiger partial charge in [0.05, 0.1) is 5.56 Å². The van der Waals surface area contributed by atoms with Gasteiger partial charge in [-0.05, 0) is 97.8 Å². The highest BCUT2D eigenvalue weighted by atomic mass is 16.6. The predicted octanol–water partition coefficient (Wildman–Crippen LogP) is 6.18. The van der Waals surface area contributed by atoms with Crippen LogP contribution in [-0.2, 0) is 22.4 Å². The minimum absolute atomic E-state index is 0.0191. The molecule has 0 saturated carbocycles. The number of rotatable bonds is 8. The van der Waals surface area contributed by atoms with Crippen molar-refractivity contribution >= 4 is 35.4 Å². The van der Waals surface area contributed by atoms with Crippen molar-refractivity contribution in [2.75, 3.05) is 56.0 Å². The number of fused-ring (bicyclic) bond motifs is 1. The normalized spacial score (nSPS) is 16.8. The number of nitrogens with one attached hydrogen (secondary N) is 1. The molecule has 3 aliphatic rings. The van der Waals surface area contributed by atoms with Crippen LogP contribution < -0.4 is 15.0 Å². The third-order valence-electron chi connectivity index (χ3n) is 10.8. The van der Waals surface area contributed by atoms with E-state index in [1.807, 2.05) is 59.5 Å². The van der Waals surface area contributed by atoms with Crippen molar-refractivity contribution in [1.82, 2.24) is 14.7 Å². The smallest absolute Gasteiger partial charge is 0.410 e. The van der Waals surface area contributed by atoms with Crippen molar-refractivity contribution in [1.29, 1.82) is 0 Å². The van der Waals surface area contributed by atoms with E-state index in [1.54, 1.807) is 60.0 Å². The van der Waals surface area contributed by atoms with E-state index in [9.17, 15) is 24.3 Å². The van der Waals surface area contributed by atoms with Gasteiger partial charge < -0.3 is 39.5 Å². The highest BCUT2D eigenvalue weighted by Crippen LogP contribution is 2.27. The summed E-state index contributed by atoms with van der Waals surface area (Å²) in [4.78, 5) is 61.0. The van der Waals surface area contributed by atoms with E-state index in [2.05, 4.69) is 10.2 Å². The van der Waals surface area contributed by atoms with E-state index < -0.39 is 18.2 Å². The number of likely N-dealkylation sites (tertiary alicyclic amines) is 1. The Balaban J connectivity index is 0.971. The molecule has 0 aromatic heterocycles. The molecule has 7 rings (SSSR count). The Morgan fingerprint density at radius 1 is 0.800 bits per heavy atom. The van der Waals surface area contributed by atoms with Gasteiger partial charge in [-0.15, -0.1) is 0 Å². The molecule has 0 bridgehead atoms. The number of phenolic OH excluding ortho intramolecular Hbond substituents is 1. The zero-order valence-corrected chi connectivity index (χ0v) is 31.3. The molecule has 12 heteroatoms. The van der Waals surface area contributed by atoms with E-state index in [-0.39, 0.29) is 30.2 Å². The number of phenols is 1. The number of nitrogens with zero attached hydrogens (tertiary/aromatic N) is 4. The number of carbonyl (C=O) groups is 4. The highest BCUT2D eigenvalue weighted by Gasteiger charge is 2.35. The first kappa shape index (κ1) is 37.3. The second kappa shape index (κ2) is 16.5. The van der Waals surface area contributed by atoms with Crippen LogP contribution >= 0.6 is 0 Å². The quantitative estimate of drug-likeness (QED) is 0.162. The molecule has 0 spiro atoms. The number of ether oxygens (including phenoxy) is 2. The predicted molar refractivity (Wildman–Crippen MR) is 209 cm³/mol. The Kier molecular flexibility index (Phi) is 11.2. The van der Waals surface area contributed by atoms with Crippen LogP contribution in [0, 0.1) is 13.8 Å². The second-order valence-electron chi connectivity index (χ2n) is 14.5. The number of urea groups is 1. The van der Waals surface area contributed by atoms with E-state index in [0.29, 0.717) is 81.1 Å². The van der Waals surface area contributed by atoms with Crippen LogP contribution in [0.5, 0.6) is 11.5 Å². The molecular formula is C43H47N5O7. The maximum atomic E-state index is 14.2. The standard InChI is InChI=1S/C43H47N5O7/c1-29-26-31(27-30(2)39(29)49)28-38(55-43(53)47-19-17-35(18-20-47)48-21-16-32-8-6-7-11-37(32)44-42(48)52)40(50)46-24-22-45(23-25-46)34-14-12-33(13-15-34)41(51)54-36-9-4-3-5-10-36/h3-15,26-27,35,38,49H,16-25,28H2,1-2H3,(H,44,52)/t38-/m1/s1. The minimum atomic E-state index is -1.06. The number of aromatic hydroxyl groups is 1. The fraction of sp³-hybridized carbons (Fsp3) is 0.349. The number of hydrogen-bond acceptors (Lipinski definition) is 8. The van der Waals surface area contributed by atoms with E-state index in [4.69, 9.17) is 9.47 Å². The molecule has 55 heavy (non-hydrogen) atoms. The van der Waals surface area contributed by atoms with Gasteiger partial charge in [0.2, 0.25) is 0 Å². The van der Waals surface area contributed by atoms with Crippen molar-refractivity contribution in [3.63, 3.8) is 0 Å². The van der Waals surface area contributed by atoms with Gasteiger partial charge in [0.1, 0.15) is 11.5 Å². The fourth-order valence-corrected chi connectivity index (χ4v) is 7.70. The van der Waals surface area contributed by atoms with Crippen LogP contribution in [0.15, 0.2) is 91.0 Å². The number of hydrogen-bond donors (Lipinski definition) is 2. The van der Waals surface area contributed by atoms with Gasteiger partial charge in [0.25, 0.3) is 5.91 Å². The number of amides is 4. The molecule has 12 nitrogen and oxygen atoms in total. The lowest BCUT2D eigenvalue weighted by Gasteiger charge is -2.39. The Labute approximate surface area is 321 Å². The molecule has 0 unspecified atom stereocenters. The second-order valence-corrected chi connectivity index (χ2v) is 14.5. The lowest BCUT2D eigenvalue weighted by atomic mass is 10.0. The summed E-state index contributed by atoms with van der Waals surface area (Å²) in [5.41, 5.74) is 5.46. The largest absolute Gasteiger partial charge is 0.507 e. The molecule has 4 aromatic carbocycles. The van der Waals surface area contributed by atoms with Crippen molar-refractivity contribution < 1.29 is 33.8 Å². The number of esters is 1. The van der Waals surface area contributed by atoms with E-state index >= 15 is 0 Å². The van der Waals surface area contributed by atoms with Crippen LogP contribution in [0.1, 0.15) is 45.5 Å². The van der Waals surface area contributed by atoms with Crippen molar-refractivity contribution in [2.45, 2.75) is 51.7 Å². The minimum Gasteiger partial charge on any atom is -0.507 e. The molecule has 286 valence electrons. The Bertz CT molecular complexity index is 2000. The third-order valence-corrected chi connectivity index (χ3v) is 10.8. The third kappa shape index (κ3) is 8.69. The number of aryl methyl sites for hydroxylation is 2. The molecule has 2 saturated heterocycles.